The van der Waals surface area contributed by atoms with E-state index in [2.05, 4.69) is 5.32 Å². The fourth-order valence-corrected chi connectivity index (χ4v) is 4.68. The lowest BCUT2D eigenvalue weighted by atomic mass is 10.1. The highest BCUT2D eigenvalue weighted by Crippen LogP contribution is 2.29. The second-order valence-electron chi connectivity index (χ2n) is 8.47. The molecule has 0 unspecified atom stereocenters. The second-order valence-corrected chi connectivity index (χ2v) is 9.42. The van der Waals surface area contributed by atoms with E-state index in [9.17, 15) is 9.59 Å². The number of hydrogen-bond donors (Lipinski definition) is 1. The number of carbonyl (C=O) groups is 2. The molecule has 194 valence electrons. The van der Waals surface area contributed by atoms with Crippen molar-refractivity contribution in [2.45, 2.75) is 6.10 Å². The first-order valence-corrected chi connectivity index (χ1v) is 13.1. The van der Waals surface area contributed by atoms with Gasteiger partial charge in [-0.3, -0.25) is 4.79 Å². The Morgan fingerprint density at radius 3 is 2.44 bits per heavy atom. The SMILES string of the molecule is COc1cccc(NC(=O)[C@@H](OC(=O)/C=C/c2cn(-c3ccccc3)nc2-c2cccs2)c2ccccc2)c1. The van der Waals surface area contributed by atoms with Crippen LogP contribution in [-0.4, -0.2) is 28.8 Å². The molecule has 8 heteroatoms. The van der Waals surface area contributed by atoms with Gasteiger partial charge in [0.25, 0.3) is 5.91 Å². The van der Waals surface area contributed by atoms with Gasteiger partial charge < -0.3 is 14.8 Å². The van der Waals surface area contributed by atoms with E-state index in [1.807, 2.05) is 60.1 Å². The lowest BCUT2D eigenvalue weighted by Gasteiger charge is -2.17. The van der Waals surface area contributed by atoms with Gasteiger partial charge in [-0.25, -0.2) is 9.48 Å². The number of methoxy groups -OCH3 is 1. The van der Waals surface area contributed by atoms with Gasteiger partial charge in [0.1, 0.15) is 11.4 Å². The summed E-state index contributed by atoms with van der Waals surface area (Å²) in [6.45, 7) is 0. The molecule has 0 radical (unpaired) electrons. The average molecular weight is 536 g/mol. The zero-order valence-electron chi connectivity index (χ0n) is 21.1. The summed E-state index contributed by atoms with van der Waals surface area (Å²) in [5.41, 5.74) is 3.47. The Bertz CT molecular complexity index is 1580. The van der Waals surface area contributed by atoms with Gasteiger partial charge in [-0.05, 0) is 41.8 Å². The monoisotopic (exact) mass is 535 g/mol. The summed E-state index contributed by atoms with van der Waals surface area (Å²) in [6, 6.07) is 29.5. The Kier molecular flexibility index (Phi) is 7.95. The van der Waals surface area contributed by atoms with Crippen LogP contribution in [-0.2, 0) is 14.3 Å². The molecule has 0 saturated carbocycles. The molecule has 3 aromatic carbocycles. The maximum atomic E-state index is 13.2. The molecule has 5 aromatic rings. The molecule has 2 heterocycles. The van der Waals surface area contributed by atoms with Crippen LogP contribution < -0.4 is 10.1 Å². The first kappa shape index (κ1) is 25.7. The number of benzene rings is 3. The lowest BCUT2D eigenvalue weighted by molar-refractivity contribution is -0.149. The number of anilines is 1. The van der Waals surface area contributed by atoms with Crippen molar-refractivity contribution >= 4 is 35.0 Å². The minimum absolute atomic E-state index is 0.479. The summed E-state index contributed by atoms with van der Waals surface area (Å²) in [6.07, 6.45) is 3.68. The number of nitrogens with one attached hydrogen (secondary N) is 1. The lowest BCUT2D eigenvalue weighted by Crippen LogP contribution is -2.25. The number of hydrogen-bond acceptors (Lipinski definition) is 6. The van der Waals surface area contributed by atoms with Crippen LogP contribution in [0.4, 0.5) is 5.69 Å². The van der Waals surface area contributed by atoms with Gasteiger partial charge in [-0.2, -0.15) is 5.10 Å². The van der Waals surface area contributed by atoms with E-state index < -0.39 is 18.0 Å². The van der Waals surface area contributed by atoms with Crippen LogP contribution in [0.1, 0.15) is 17.2 Å². The van der Waals surface area contributed by atoms with Crippen LogP contribution in [0.2, 0.25) is 0 Å². The standard InChI is InChI=1S/C31H25N3O4S/c1-37-26-15-8-12-24(20-26)32-31(36)30(22-10-4-2-5-11-22)38-28(35)18-17-23-21-34(25-13-6-3-7-14-25)33-29(23)27-16-9-19-39-27/h2-21,30H,1H3,(H,32,36)/b18-17+/t30-/m0/s1. The van der Waals surface area contributed by atoms with Crippen molar-refractivity contribution in [3.63, 3.8) is 0 Å². The average Bonchev–Trinajstić information content (AvgIpc) is 3.66. The molecular weight excluding hydrogens is 510 g/mol. The second kappa shape index (κ2) is 12.1. The molecule has 0 aliphatic carbocycles. The number of thiophene rings is 1. The third kappa shape index (κ3) is 6.31. The van der Waals surface area contributed by atoms with Crippen molar-refractivity contribution in [1.29, 1.82) is 0 Å². The number of amides is 1. The highest BCUT2D eigenvalue weighted by Gasteiger charge is 2.24. The van der Waals surface area contributed by atoms with E-state index in [-0.39, 0.29) is 0 Å². The number of carbonyl (C=O) groups excluding carboxylic acids is 2. The van der Waals surface area contributed by atoms with E-state index >= 15 is 0 Å². The van der Waals surface area contributed by atoms with Crippen molar-refractivity contribution in [3.05, 3.63) is 126 Å². The molecule has 1 N–H and O–H groups in total. The summed E-state index contributed by atoms with van der Waals surface area (Å²) in [4.78, 5) is 27.2. The first-order chi connectivity index (χ1) is 19.1. The number of aromatic nitrogens is 2. The summed E-state index contributed by atoms with van der Waals surface area (Å²) >= 11 is 1.56. The normalized spacial score (nSPS) is 11.7. The molecular formula is C31H25N3O4S. The summed E-state index contributed by atoms with van der Waals surface area (Å²) in [5.74, 6) is -0.539. The van der Waals surface area contributed by atoms with Gasteiger partial charge >= 0.3 is 5.97 Å². The fourth-order valence-electron chi connectivity index (χ4n) is 3.95. The number of nitrogens with zero attached hydrogens (tertiary/aromatic N) is 2. The Balaban J connectivity index is 1.38. The van der Waals surface area contributed by atoms with E-state index in [4.69, 9.17) is 14.6 Å². The molecule has 5 rings (SSSR count). The molecule has 0 fully saturated rings. The smallest absolute Gasteiger partial charge is 0.331 e. The van der Waals surface area contributed by atoms with Gasteiger partial charge in [0, 0.05) is 35.2 Å². The Morgan fingerprint density at radius 1 is 0.949 bits per heavy atom. The Labute approximate surface area is 230 Å². The van der Waals surface area contributed by atoms with Crippen LogP contribution in [0, 0.1) is 0 Å². The third-order valence-electron chi connectivity index (χ3n) is 5.83. The van der Waals surface area contributed by atoms with Crippen molar-refractivity contribution < 1.29 is 19.1 Å². The zero-order chi connectivity index (χ0) is 27.0. The molecule has 1 amide bonds. The molecule has 0 aliphatic rings. The third-order valence-corrected chi connectivity index (χ3v) is 6.71. The quantitative estimate of drug-likeness (QED) is 0.171. The molecule has 0 saturated heterocycles. The predicted molar refractivity (Wildman–Crippen MR) is 153 cm³/mol. The summed E-state index contributed by atoms with van der Waals surface area (Å²) in [5, 5.41) is 9.54. The molecule has 39 heavy (non-hydrogen) atoms. The molecule has 7 nitrogen and oxygen atoms in total. The van der Waals surface area contributed by atoms with Crippen molar-refractivity contribution in [1.82, 2.24) is 9.78 Å². The number of para-hydroxylation sites is 1. The van der Waals surface area contributed by atoms with Crippen molar-refractivity contribution in [2.75, 3.05) is 12.4 Å². The molecule has 0 spiro atoms. The van der Waals surface area contributed by atoms with Crippen molar-refractivity contribution in [3.8, 4) is 22.0 Å². The predicted octanol–water partition coefficient (Wildman–Crippen LogP) is 6.55. The van der Waals surface area contributed by atoms with E-state index in [0.717, 1.165) is 21.8 Å². The number of esters is 1. The van der Waals surface area contributed by atoms with Gasteiger partial charge in [-0.15, -0.1) is 11.3 Å². The minimum atomic E-state index is -1.15. The number of ether oxygens (including phenoxy) is 2. The van der Waals surface area contributed by atoms with E-state index in [0.29, 0.717) is 17.0 Å². The van der Waals surface area contributed by atoms with Crippen LogP contribution in [0.5, 0.6) is 5.75 Å². The Hall–Kier alpha value is -4.95. The summed E-state index contributed by atoms with van der Waals surface area (Å²) in [7, 11) is 1.55. The highest BCUT2D eigenvalue weighted by atomic mass is 32.1. The van der Waals surface area contributed by atoms with E-state index in [1.165, 1.54) is 6.08 Å². The van der Waals surface area contributed by atoms with Crippen LogP contribution in [0.25, 0.3) is 22.3 Å². The molecule has 1 atom stereocenters. The largest absolute Gasteiger partial charge is 0.497 e. The maximum absolute atomic E-state index is 13.2. The van der Waals surface area contributed by atoms with Gasteiger partial charge in [0.2, 0.25) is 6.10 Å². The van der Waals surface area contributed by atoms with Gasteiger partial charge in [0.05, 0.1) is 17.7 Å². The van der Waals surface area contributed by atoms with Gasteiger partial charge in [0.15, 0.2) is 0 Å². The minimum Gasteiger partial charge on any atom is -0.497 e. The zero-order valence-corrected chi connectivity index (χ0v) is 21.9. The Morgan fingerprint density at radius 2 is 1.72 bits per heavy atom. The van der Waals surface area contributed by atoms with Crippen LogP contribution >= 0.6 is 11.3 Å². The molecule has 0 aliphatic heterocycles. The summed E-state index contributed by atoms with van der Waals surface area (Å²) < 4.78 is 12.7. The first-order valence-electron chi connectivity index (χ1n) is 12.2. The number of rotatable bonds is 9. The highest BCUT2D eigenvalue weighted by molar-refractivity contribution is 7.13. The molecule has 0 bridgehead atoms. The fraction of sp³-hybridized carbons (Fsp3) is 0.0645. The van der Waals surface area contributed by atoms with Crippen LogP contribution in [0.15, 0.2) is 115 Å². The van der Waals surface area contributed by atoms with Gasteiger partial charge in [-0.1, -0.05) is 60.7 Å². The maximum Gasteiger partial charge on any atom is 0.331 e. The molecule has 2 aromatic heterocycles. The van der Waals surface area contributed by atoms with Crippen molar-refractivity contribution in [2.24, 2.45) is 0 Å². The van der Waals surface area contributed by atoms with E-state index in [1.54, 1.807) is 77.7 Å². The van der Waals surface area contributed by atoms with Crippen LogP contribution in [0.3, 0.4) is 0 Å². The topological polar surface area (TPSA) is 82.5 Å².